The number of imidazole rings is 1. The number of carbonyl (C=O) groups excluding carboxylic acids is 1. The number of aromatic nitrogens is 5. The van der Waals surface area contributed by atoms with Crippen molar-refractivity contribution in [1.29, 1.82) is 0 Å². The first-order valence-electron chi connectivity index (χ1n) is 10.9. The van der Waals surface area contributed by atoms with Gasteiger partial charge in [-0.25, -0.2) is 23.4 Å². The van der Waals surface area contributed by atoms with Gasteiger partial charge in [0.2, 0.25) is 5.91 Å². The Kier molecular flexibility index (Phi) is 5.70. The van der Waals surface area contributed by atoms with Gasteiger partial charge in [0.1, 0.15) is 17.2 Å². The number of rotatable bonds is 7. The van der Waals surface area contributed by atoms with Crippen LogP contribution < -0.4 is 4.74 Å². The molecule has 0 unspecified atom stereocenters. The summed E-state index contributed by atoms with van der Waals surface area (Å²) in [6.45, 7) is 2.68. The largest absolute Gasteiger partial charge is 0.456 e. The normalized spacial score (nSPS) is 14.1. The van der Waals surface area contributed by atoms with E-state index >= 15 is 0 Å². The highest BCUT2D eigenvalue weighted by Crippen LogP contribution is 2.31. The summed E-state index contributed by atoms with van der Waals surface area (Å²) in [6, 6.07) is 6.64. The van der Waals surface area contributed by atoms with Crippen molar-refractivity contribution in [3.8, 4) is 23.0 Å². The molecule has 1 fully saturated rings. The lowest BCUT2D eigenvalue weighted by atomic mass is 10.1. The number of sulfone groups is 1. The number of benzene rings is 1. The summed E-state index contributed by atoms with van der Waals surface area (Å²) in [7, 11) is -3.39. The van der Waals surface area contributed by atoms with E-state index in [4.69, 9.17) is 9.72 Å². The molecule has 0 bridgehead atoms. The SMILES string of the molecule is CCS(=O)(=O)c1ccc(Oc2cc(CN3CCCC3=O)c3nc(-c4cnccn4)[nH]c3c2)cn1. The summed E-state index contributed by atoms with van der Waals surface area (Å²) in [4.78, 5) is 34.5. The van der Waals surface area contributed by atoms with Gasteiger partial charge in [-0.05, 0) is 24.6 Å². The lowest BCUT2D eigenvalue weighted by molar-refractivity contribution is -0.128. The molecule has 0 aliphatic carbocycles. The zero-order valence-electron chi connectivity index (χ0n) is 18.4. The number of aromatic amines is 1. The predicted molar refractivity (Wildman–Crippen MR) is 124 cm³/mol. The van der Waals surface area contributed by atoms with E-state index in [1.54, 1.807) is 42.5 Å². The van der Waals surface area contributed by atoms with Crippen molar-refractivity contribution < 1.29 is 17.9 Å². The van der Waals surface area contributed by atoms with Gasteiger partial charge in [0.15, 0.2) is 20.7 Å². The highest BCUT2D eigenvalue weighted by molar-refractivity contribution is 7.91. The van der Waals surface area contributed by atoms with Crippen LogP contribution in [-0.2, 0) is 21.2 Å². The van der Waals surface area contributed by atoms with E-state index in [1.807, 2.05) is 6.07 Å². The Hall–Kier alpha value is -3.86. The Balaban J connectivity index is 1.52. The summed E-state index contributed by atoms with van der Waals surface area (Å²) < 4.78 is 30.0. The van der Waals surface area contributed by atoms with Crippen LogP contribution in [0.3, 0.4) is 0 Å². The number of ether oxygens (including phenoxy) is 1. The van der Waals surface area contributed by atoms with E-state index in [2.05, 4.69) is 19.9 Å². The van der Waals surface area contributed by atoms with Crippen LogP contribution in [0.1, 0.15) is 25.3 Å². The lowest BCUT2D eigenvalue weighted by Gasteiger charge is -2.16. The molecule has 5 rings (SSSR count). The van der Waals surface area contributed by atoms with Crippen LogP contribution in [0.15, 0.2) is 54.1 Å². The minimum Gasteiger partial charge on any atom is -0.456 e. The minimum absolute atomic E-state index is 0.00761. The summed E-state index contributed by atoms with van der Waals surface area (Å²) in [5.41, 5.74) is 2.86. The molecular formula is C23H22N6O4S. The molecule has 1 saturated heterocycles. The molecule has 3 aromatic heterocycles. The third kappa shape index (κ3) is 4.34. The number of nitrogens with one attached hydrogen (secondary N) is 1. The number of hydrogen-bond acceptors (Lipinski definition) is 8. The number of carbonyl (C=O) groups is 1. The molecule has 4 aromatic rings. The van der Waals surface area contributed by atoms with Crippen molar-refractivity contribution in [2.75, 3.05) is 12.3 Å². The van der Waals surface area contributed by atoms with Crippen LogP contribution in [0.2, 0.25) is 0 Å². The van der Waals surface area contributed by atoms with Gasteiger partial charge in [0, 0.05) is 43.5 Å². The first-order valence-corrected chi connectivity index (χ1v) is 12.5. The van der Waals surface area contributed by atoms with Gasteiger partial charge >= 0.3 is 0 Å². The van der Waals surface area contributed by atoms with Crippen LogP contribution >= 0.6 is 0 Å². The van der Waals surface area contributed by atoms with Gasteiger partial charge < -0.3 is 14.6 Å². The quantitative estimate of drug-likeness (QED) is 0.429. The zero-order chi connectivity index (χ0) is 23.7. The first kappa shape index (κ1) is 22.0. The molecule has 11 heteroatoms. The minimum atomic E-state index is -3.39. The molecule has 1 aliphatic rings. The van der Waals surface area contributed by atoms with E-state index in [0.717, 1.165) is 23.0 Å². The fourth-order valence-corrected chi connectivity index (χ4v) is 4.64. The molecule has 34 heavy (non-hydrogen) atoms. The molecule has 0 spiro atoms. The van der Waals surface area contributed by atoms with Gasteiger partial charge in [0.25, 0.3) is 0 Å². The van der Waals surface area contributed by atoms with Gasteiger partial charge in [-0.3, -0.25) is 9.78 Å². The Morgan fingerprint density at radius 1 is 1.12 bits per heavy atom. The average molecular weight is 479 g/mol. The van der Waals surface area contributed by atoms with Crippen LogP contribution in [0.4, 0.5) is 0 Å². The summed E-state index contributed by atoms with van der Waals surface area (Å²) in [6.07, 6.45) is 7.57. The number of likely N-dealkylation sites (tertiary alicyclic amines) is 1. The predicted octanol–water partition coefficient (Wildman–Crippen LogP) is 3.12. The van der Waals surface area contributed by atoms with Gasteiger partial charge in [-0.15, -0.1) is 0 Å². The van der Waals surface area contributed by atoms with Gasteiger partial charge in [0.05, 0.1) is 29.2 Å². The molecule has 10 nitrogen and oxygen atoms in total. The molecule has 0 atom stereocenters. The topological polar surface area (TPSA) is 131 Å². The van der Waals surface area contributed by atoms with Crippen molar-refractivity contribution in [2.45, 2.75) is 31.3 Å². The molecular weight excluding hydrogens is 456 g/mol. The summed E-state index contributed by atoms with van der Waals surface area (Å²) >= 11 is 0. The van der Waals surface area contributed by atoms with Crippen LogP contribution in [0, 0.1) is 0 Å². The molecule has 0 radical (unpaired) electrons. The summed E-state index contributed by atoms with van der Waals surface area (Å²) in [5.74, 6) is 1.55. The Bertz CT molecular complexity index is 1450. The van der Waals surface area contributed by atoms with E-state index in [0.29, 0.717) is 42.5 Å². The molecule has 4 heterocycles. The van der Waals surface area contributed by atoms with E-state index in [1.165, 1.54) is 12.3 Å². The fourth-order valence-electron chi connectivity index (χ4n) is 3.85. The third-order valence-corrected chi connectivity index (χ3v) is 7.26. The maximum Gasteiger partial charge on any atom is 0.222 e. The Labute approximate surface area is 196 Å². The molecule has 1 aromatic carbocycles. The second-order valence-corrected chi connectivity index (χ2v) is 10.1. The van der Waals surface area contributed by atoms with Crippen LogP contribution in [0.5, 0.6) is 11.5 Å². The van der Waals surface area contributed by atoms with Crippen LogP contribution in [0.25, 0.3) is 22.6 Å². The highest BCUT2D eigenvalue weighted by atomic mass is 32.2. The summed E-state index contributed by atoms with van der Waals surface area (Å²) in [5, 5.41) is 0.00761. The van der Waals surface area contributed by atoms with Crippen molar-refractivity contribution in [3.63, 3.8) is 0 Å². The molecule has 1 amide bonds. The maximum atomic E-state index is 12.2. The third-order valence-electron chi connectivity index (χ3n) is 5.62. The number of hydrogen-bond donors (Lipinski definition) is 1. The lowest BCUT2D eigenvalue weighted by Crippen LogP contribution is -2.24. The smallest absolute Gasteiger partial charge is 0.222 e. The van der Waals surface area contributed by atoms with E-state index < -0.39 is 9.84 Å². The molecule has 1 aliphatic heterocycles. The van der Waals surface area contributed by atoms with Gasteiger partial charge in [-0.2, -0.15) is 0 Å². The number of H-pyrrole nitrogens is 1. The standard InChI is InChI=1S/C23H22N6O4S/c1-2-34(31,32)20-6-5-16(12-26-20)33-17-10-15(14-29-9-3-4-21(29)30)22-18(11-17)27-23(28-22)19-13-24-7-8-25-19/h5-8,10-13H,2-4,9,14H2,1H3,(H,27,28). The van der Waals surface area contributed by atoms with Crippen molar-refractivity contribution >= 4 is 26.8 Å². The second kappa shape index (κ2) is 8.82. The number of amides is 1. The molecule has 1 N–H and O–H groups in total. The number of fused-ring (bicyclic) bond motifs is 1. The Morgan fingerprint density at radius 2 is 2.00 bits per heavy atom. The number of nitrogens with zero attached hydrogens (tertiary/aromatic N) is 5. The molecule has 0 saturated carbocycles. The van der Waals surface area contributed by atoms with Crippen molar-refractivity contribution in [3.05, 3.63) is 54.6 Å². The highest BCUT2D eigenvalue weighted by Gasteiger charge is 2.23. The van der Waals surface area contributed by atoms with E-state index in [9.17, 15) is 13.2 Å². The fraction of sp³-hybridized carbons (Fsp3) is 0.261. The zero-order valence-corrected chi connectivity index (χ0v) is 19.2. The van der Waals surface area contributed by atoms with Crippen molar-refractivity contribution in [2.24, 2.45) is 0 Å². The Morgan fingerprint density at radius 3 is 2.68 bits per heavy atom. The van der Waals surface area contributed by atoms with Crippen molar-refractivity contribution in [1.82, 2.24) is 29.8 Å². The average Bonchev–Trinajstić information content (AvgIpc) is 3.46. The maximum absolute atomic E-state index is 12.2. The second-order valence-electron chi connectivity index (χ2n) is 7.91. The first-order chi connectivity index (χ1) is 16.4. The van der Waals surface area contributed by atoms with Gasteiger partial charge in [-0.1, -0.05) is 6.92 Å². The molecule has 174 valence electrons. The van der Waals surface area contributed by atoms with Crippen LogP contribution in [-0.4, -0.2) is 56.4 Å². The van der Waals surface area contributed by atoms with E-state index in [-0.39, 0.29) is 16.7 Å². The monoisotopic (exact) mass is 478 g/mol. The number of pyridine rings is 1.